The molecule has 0 aliphatic rings. The number of halogens is 1. The highest BCUT2D eigenvalue weighted by Crippen LogP contribution is 2.31. The van der Waals surface area contributed by atoms with Crippen molar-refractivity contribution in [1.82, 2.24) is 4.98 Å². The standard InChI is InChI=1S/C16H12ClNO/c1-10-3-2-4-13(17)16(10)15-7-5-11-9-12(19)6-8-14(11)18-15/h2-9,19H,1H3. The Balaban J connectivity index is 2.24. The lowest BCUT2D eigenvalue weighted by Crippen LogP contribution is -1.89. The molecule has 19 heavy (non-hydrogen) atoms. The zero-order valence-electron chi connectivity index (χ0n) is 10.4. The van der Waals surface area contributed by atoms with Crippen LogP contribution in [0.2, 0.25) is 5.02 Å². The first-order valence-electron chi connectivity index (χ1n) is 6.00. The predicted molar refractivity (Wildman–Crippen MR) is 78.6 cm³/mol. The number of phenolic OH excluding ortho intramolecular Hbond substituents is 1. The number of fused-ring (bicyclic) bond motifs is 1. The van der Waals surface area contributed by atoms with Crippen LogP contribution in [0.15, 0.2) is 48.5 Å². The molecular formula is C16H12ClNO. The monoisotopic (exact) mass is 269 g/mol. The Bertz CT molecular complexity index is 748. The van der Waals surface area contributed by atoms with Gasteiger partial charge in [0.2, 0.25) is 0 Å². The van der Waals surface area contributed by atoms with E-state index in [1.54, 1.807) is 18.2 Å². The molecule has 0 atom stereocenters. The van der Waals surface area contributed by atoms with Crippen LogP contribution in [-0.2, 0) is 0 Å². The second kappa shape index (κ2) is 4.56. The highest BCUT2D eigenvalue weighted by Gasteiger charge is 2.08. The van der Waals surface area contributed by atoms with Crippen molar-refractivity contribution in [2.24, 2.45) is 0 Å². The fraction of sp³-hybridized carbons (Fsp3) is 0.0625. The summed E-state index contributed by atoms with van der Waals surface area (Å²) < 4.78 is 0. The molecule has 0 bridgehead atoms. The van der Waals surface area contributed by atoms with Crippen LogP contribution in [0.4, 0.5) is 0 Å². The smallest absolute Gasteiger partial charge is 0.116 e. The molecule has 1 N–H and O–H groups in total. The third-order valence-electron chi connectivity index (χ3n) is 3.15. The van der Waals surface area contributed by atoms with Crippen LogP contribution in [0, 0.1) is 6.92 Å². The Kier molecular flexibility index (Phi) is 2.88. The fourth-order valence-electron chi connectivity index (χ4n) is 2.21. The Hall–Kier alpha value is -2.06. The van der Waals surface area contributed by atoms with Gasteiger partial charge in [-0.05, 0) is 42.8 Å². The van der Waals surface area contributed by atoms with E-state index < -0.39 is 0 Å². The molecule has 0 aliphatic heterocycles. The maximum Gasteiger partial charge on any atom is 0.116 e. The molecule has 0 saturated carbocycles. The Morgan fingerprint density at radius 2 is 1.89 bits per heavy atom. The summed E-state index contributed by atoms with van der Waals surface area (Å²) in [5.74, 6) is 0.246. The van der Waals surface area contributed by atoms with E-state index in [9.17, 15) is 5.11 Å². The zero-order valence-corrected chi connectivity index (χ0v) is 11.1. The van der Waals surface area contributed by atoms with Gasteiger partial charge < -0.3 is 5.11 Å². The van der Waals surface area contributed by atoms with Gasteiger partial charge in [-0.25, -0.2) is 4.98 Å². The summed E-state index contributed by atoms with van der Waals surface area (Å²) in [6.45, 7) is 2.02. The lowest BCUT2D eigenvalue weighted by Gasteiger charge is -2.08. The van der Waals surface area contributed by atoms with Crippen LogP contribution < -0.4 is 0 Å². The zero-order chi connectivity index (χ0) is 13.4. The Labute approximate surface area is 116 Å². The van der Waals surface area contributed by atoms with Gasteiger partial charge >= 0.3 is 0 Å². The van der Waals surface area contributed by atoms with Crippen molar-refractivity contribution < 1.29 is 5.11 Å². The topological polar surface area (TPSA) is 33.1 Å². The van der Waals surface area contributed by atoms with E-state index in [2.05, 4.69) is 4.98 Å². The summed E-state index contributed by atoms with van der Waals surface area (Å²) >= 11 is 6.26. The average Bonchev–Trinajstić information content (AvgIpc) is 2.38. The number of hydrogen-bond donors (Lipinski definition) is 1. The molecule has 94 valence electrons. The van der Waals surface area contributed by atoms with Gasteiger partial charge in [0, 0.05) is 10.9 Å². The number of benzene rings is 2. The summed E-state index contributed by atoms with van der Waals surface area (Å²) in [4.78, 5) is 4.61. The number of nitrogens with zero attached hydrogens (tertiary/aromatic N) is 1. The van der Waals surface area contributed by atoms with E-state index in [0.717, 1.165) is 27.7 Å². The quantitative estimate of drug-likeness (QED) is 0.702. The van der Waals surface area contributed by atoms with Gasteiger partial charge in [-0.1, -0.05) is 29.8 Å². The molecule has 0 saturated heterocycles. The van der Waals surface area contributed by atoms with Crippen LogP contribution in [-0.4, -0.2) is 10.1 Å². The van der Waals surface area contributed by atoms with Gasteiger partial charge in [-0.15, -0.1) is 0 Å². The van der Waals surface area contributed by atoms with E-state index in [-0.39, 0.29) is 5.75 Å². The van der Waals surface area contributed by atoms with Crippen LogP contribution in [0.5, 0.6) is 5.75 Å². The molecule has 0 aliphatic carbocycles. The number of hydrogen-bond acceptors (Lipinski definition) is 2. The van der Waals surface area contributed by atoms with Crippen LogP contribution in [0.1, 0.15) is 5.56 Å². The summed E-state index contributed by atoms with van der Waals surface area (Å²) in [5, 5.41) is 11.1. The molecule has 2 aromatic carbocycles. The predicted octanol–water partition coefficient (Wildman–Crippen LogP) is 4.57. The van der Waals surface area contributed by atoms with E-state index >= 15 is 0 Å². The molecule has 1 heterocycles. The fourth-order valence-corrected chi connectivity index (χ4v) is 2.53. The number of aromatic nitrogens is 1. The van der Waals surface area contributed by atoms with E-state index in [1.165, 1.54) is 0 Å². The third-order valence-corrected chi connectivity index (χ3v) is 3.47. The SMILES string of the molecule is Cc1cccc(Cl)c1-c1ccc2cc(O)ccc2n1. The van der Waals surface area contributed by atoms with Crippen LogP contribution in [0.3, 0.4) is 0 Å². The van der Waals surface area contributed by atoms with E-state index in [4.69, 9.17) is 11.6 Å². The van der Waals surface area contributed by atoms with Crippen molar-refractivity contribution in [3.05, 3.63) is 59.1 Å². The minimum absolute atomic E-state index is 0.246. The van der Waals surface area contributed by atoms with E-state index in [1.807, 2.05) is 37.3 Å². The van der Waals surface area contributed by atoms with Crippen molar-refractivity contribution >= 4 is 22.5 Å². The molecule has 1 aromatic heterocycles. The first kappa shape index (κ1) is 12.0. The normalized spacial score (nSPS) is 10.8. The Morgan fingerprint density at radius 1 is 1.05 bits per heavy atom. The minimum atomic E-state index is 0.246. The minimum Gasteiger partial charge on any atom is -0.508 e. The lowest BCUT2D eigenvalue weighted by atomic mass is 10.0. The second-order valence-electron chi connectivity index (χ2n) is 4.51. The van der Waals surface area contributed by atoms with Gasteiger partial charge in [0.1, 0.15) is 5.75 Å². The number of aryl methyl sites for hydroxylation is 1. The van der Waals surface area contributed by atoms with Crippen molar-refractivity contribution in [3.63, 3.8) is 0 Å². The summed E-state index contributed by atoms with van der Waals surface area (Å²) in [5.41, 5.74) is 3.74. The Morgan fingerprint density at radius 3 is 2.68 bits per heavy atom. The first-order chi connectivity index (χ1) is 9.15. The highest BCUT2D eigenvalue weighted by atomic mass is 35.5. The van der Waals surface area contributed by atoms with Gasteiger partial charge in [-0.3, -0.25) is 0 Å². The molecule has 0 unspecified atom stereocenters. The molecule has 3 heteroatoms. The molecule has 3 aromatic rings. The molecule has 0 radical (unpaired) electrons. The van der Waals surface area contributed by atoms with Crippen molar-refractivity contribution in [1.29, 1.82) is 0 Å². The maximum absolute atomic E-state index is 9.46. The van der Waals surface area contributed by atoms with Crippen molar-refractivity contribution in [3.8, 4) is 17.0 Å². The number of phenols is 1. The van der Waals surface area contributed by atoms with Gasteiger partial charge in [0.15, 0.2) is 0 Å². The molecule has 0 amide bonds. The summed E-state index contributed by atoms with van der Waals surface area (Å²) in [6.07, 6.45) is 0. The first-order valence-corrected chi connectivity index (χ1v) is 6.38. The molecule has 2 nitrogen and oxygen atoms in total. The molecule has 0 fully saturated rings. The summed E-state index contributed by atoms with van der Waals surface area (Å²) in [7, 11) is 0. The highest BCUT2D eigenvalue weighted by molar-refractivity contribution is 6.33. The maximum atomic E-state index is 9.46. The second-order valence-corrected chi connectivity index (χ2v) is 4.91. The average molecular weight is 270 g/mol. The number of pyridine rings is 1. The summed E-state index contributed by atoms with van der Waals surface area (Å²) in [6, 6.07) is 14.8. The van der Waals surface area contributed by atoms with Crippen molar-refractivity contribution in [2.75, 3.05) is 0 Å². The molecule has 3 rings (SSSR count). The third kappa shape index (κ3) is 2.15. The molecule has 0 spiro atoms. The van der Waals surface area contributed by atoms with Crippen LogP contribution in [0.25, 0.3) is 22.2 Å². The van der Waals surface area contributed by atoms with Gasteiger partial charge in [0.25, 0.3) is 0 Å². The van der Waals surface area contributed by atoms with E-state index in [0.29, 0.717) is 5.02 Å². The van der Waals surface area contributed by atoms with Gasteiger partial charge in [-0.2, -0.15) is 0 Å². The van der Waals surface area contributed by atoms with Crippen LogP contribution >= 0.6 is 11.6 Å². The van der Waals surface area contributed by atoms with Gasteiger partial charge in [0.05, 0.1) is 16.2 Å². The molecular weight excluding hydrogens is 258 g/mol. The lowest BCUT2D eigenvalue weighted by molar-refractivity contribution is 0.476. The van der Waals surface area contributed by atoms with Crippen molar-refractivity contribution in [2.45, 2.75) is 6.92 Å². The number of rotatable bonds is 1. The number of aromatic hydroxyl groups is 1. The largest absolute Gasteiger partial charge is 0.508 e.